The van der Waals surface area contributed by atoms with E-state index in [0.29, 0.717) is 24.7 Å². The largest absolute Gasteiger partial charge is 0.452 e. The standard InChI is InChI=1S/C19H22ClN3O3/c1-4-22(10-14(2)3)18(24)13-26-19(25)16-9-21-23(12-16)11-15-7-5-6-8-17(15)20/h5-9,12H,2,4,10-11,13H2,1,3H3. The summed E-state index contributed by atoms with van der Waals surface area (Å²) in [6.45, 7) is 8.60. The van der Waals surface area contributed by atoms with Crippen molar-refractivity contribution in [2.45, 2.75) is 20.4 Å². The minimum absolute atomic E-state index is 0.257. The number of likely N-dealkylation sites (N-methyl/N-ethyl adjacent to an activating group) is 1. The Kier molecular flexibility index (Phi) is 6.97. The van der Waals surface area contributed by atoms with E-state index < -0.39 is 5.97 Å². The molecule has 2 rings (SSSR count). The van der Waals surface area contributed by atoms with Crippen molar-refractivity contribution in [3.05, 3.63) is 65.0 Å². The molecule has 0 saturated heterocycles. The minimum Gasteiger partial charge on any atom is -0.452 e. The monoisotopic (exact) mass is 375 g/mol. The maximum absolute atomic E-state index is 12.1. The number of hydrogen-bond acceptors (Lipinski definition) is 4. The Morgan fingerprint density at radius 3 is 2.73 bits per heavy atom. The average molecular weight is 376 g/mol. The molecule has 0 radical (unpaired) electrons. The van der Waals surface area contributed by atoms with E-state index >= 15 is 0 Å². The van der Waals surface area contributed by atoms with Gasteiger partial charge in [0, 0.05) is 24.3 Å². The highest BCUT2D eigenvalue weighted by molar-refractivity contribution is 6.31. The predicted octanol–water partition coefficient (Wildman–Crippen LogP) is 3.17. The van der Waals surface area contributed by atoms with E-state index in [9.17, 15) is 9.59 Å². The van der Waals surface area contributed by atoms with Gasteiger partial charge >= 0.3 is 5.97 Å². The first-order chi connectivity index (χ1) is 12.4. The van der Waals surface area contributed by atoms with Crippen molar-refractivity contribution in [1.82, 2.24) is 14.7 Å². The van der Waals surface area contributed by atoms with Crippen molar-refractivity contribution < 1.29 is 14.3 Å². The molecule has 2 aromatic rings. The number of esters is 1. The van der Waals surface area contributed by atoms with Crippen LogP contribution in [-0.4, -0.2) is 46.3 Å². The number of carbonyl (C=O) groups is 2. The second kappa shape index (κ2) is 9.20. The highest BCUT2D eigenvalue weighted by Crippen LogP contribution is 2.16. The molecule has 0 fully saturated rings. The lowest BCUT2D eigenvalue weighted by Gasteiger charge is -2.20. The first-order valence-corrected chi connectivity index (χ1v) is 8.63. The summed E-state index contributed by atoms with van der Waals surface area (Å²) < 4.78 is 6.70. The Morgan fingerprint density at radius 2 is 2.08 bits per heavy atom. The third-order valence-corrected chi connectivity index (χ3v) is 4.05. The lowest BCUT2D eigenvalue weighted by atomic mass is 10.2. The maximum Gasteiger partial charge on any atom is 0.341 e. The van der Waals surface area contributed by atoms with Crippen molar-refractivity contribution in [2.75, 3.05) is 19.7 Å². The summed E-state index contributed by atoms with van der Waals surface area (Å²) in [5, 5.41) is 4.78. The Labute approximate surface area is 158 Å². The Balaban J connectivity index is 1.92. The van der Waals surface area contributed by atoms with Crippen LogP contribution < -0.4 is 0 Å². The van der Waals surface area contributed by atoms with E-state index in [-0.39, 0.29) is 18.1 Å². The Morgan fingerprint density at radius 1 is 1.35 bits per heavy atom. The fourth-order valence-corrected chi connectivity index (χ4v) is 2.56. The van der Waals surface area contributed by atoms with Gasteiger partial charge in [0.2, 0.25) is 0 Å². The van der Waals surface area contributed by atoms with E-state index in [1.807, 2.05) is 32.0 Å². The van der Waals surface area contributed by atoms with Crippen LogP contribution in [0.2, 0.25) is 5.02 Å². The molecule has 0 aliphatic carbocycles. The van der Waals surface area contributed by atoms with Gasteiger partial charge in [-0.05, 0) is 25.5 Å². The number of carbonyl (C=O) groups excluding carboxylic acids is 2. The number of amides is 1. The predicted molar refractivity (Wildman–Crippen MR) is 100 cm³/mol. The van der Waals surface area contributed by atoms with Crippen molar-refractivity contribution in [1.29, 1.82) is 0 Å². The van der Waals surface area contributed by atoms with Crippen LogP contribution in [0.25, 0.3) is 0 Å². The van der Waals surface area contributed by atoms with Gasteiger partial charge in [-0.3, -0.25) is 9.48 Å². The fraction of sp³-hybridized carbons (Fsp3) is 0.316. The van der Waals surface area contributed by atoms with Crippen LogP contribution >= 0.6 is 11.6 Å². The van der Waals surface area contributed by atoms with Crippen LogP contribution in [-0.2, 0) is 16.1 Å². The van der Waals surface area contributed by atoms with Crippen LogP contribution in [0, 0.1) is 0 Å². The lowest BCUT2D eigenvalue weighted by Crippen LogP contribution is -2.35. The molecule has 1 aromatic carbocycles. The number of ether oxygens (including phenoxy) is 1. The van der Waals surface area contributed by atoms with Gasteiger partial charge in [-0.15, -0.1) is 0 Å². The topological polar surface area (TPSA) is 64.4 Å². The lowest BCUT2D eigenvalue weighted by molar-refractivity contribution is -0.133. The molecule has 7 heteroatoms. The number of aromatic nitrogens is 2. The van der Waals surface area contributed by atoms with E-state index in [4.69, 9.17) is 16.3 Å². The Bertz CT molecular complexity index is 801. The molecule has 1 heterocycles. The van der Waals surface area contributed by atoms with Crippen LogP contribution in [0.1, 0.15) is 29.8 Å². The zero-order valence-corrected chi connectivity index (χ0v) is 15.7. The average Bonchev–Trinajstić information content (AvgIpc) is 3.07. The summed E-state index contributed by atoms with van der Waals surface area (Å²) in [7, 11) is 0. The van der Waals surface area contributed by atoms with Gasteiger partial charge < -0.3 is 9.64 Å². The molecule has 0 unspecified atom stereocenters. The quantitative estimate of drug-likeness (QED) is 0.525. The highest BCUT2D eigenvalue weighted by Gasteiger charge is 2.16. The van der Waals surface area contributed by atoms with Crippen molar-refractivity contribution in [3.8, 4) is 0 Å². The summed E-state index contributed by atoms with van der Waals surface area (Å²) in [6.07, 6.45) is 2.98. The number of nitrogens with zero attached hydrogens (tertiary/aromatic N) is 3. The molecular formula is C19H22ClN3O3. The van der Waals surface area contributed by atoms with Gasteiger partial charge in [-0.2, -0.15) is 5.10 Å². The molecule has 0 aliphatic rings. The summed E-state index contributed by atoms with van der Waals surface area (Å²) in [5.74, 6) is -0.845. The van der Waals surface area contributed by atoms with Gasteiger partial charge in [0.25, 0.3) is 5.91 Å². The molecule has 6 nitrogen and oxygen atoms in total. The van der Waals surface area contributed by atoms with Gasteiger partial charge in [0.1, 0.15) is 0 Å². The van der Waals surface area contributed by atoms with Crippen LogP contribution in [0.5, 0.6) is 0 Å². The number of halogens is 1. The molecule has 26 heavy (non-hydrogen) atoms. The number of hydrogen-bond donors (Lipinski definition) is 0. The Hall–Kier alpha value is -2.60. The van der Waals surface area contributed by atoms with E-state index in [1.54, 1.807) is 21.8 Å². The normalized spacial score (nSPS) is 10.4. The van der Waals surface area contributed by atoms with Gasteiger partial charge in [0.15, 0.2) is 6.61 Å². The van der Waals surface area contributed by atoms with Crippen LogP contribution in [0.15, 0.2) is 48.8 Å². The zero-order chi connectivity index (χ0) is 19.1. The molecule has 1 amide bonds. The van der Waals surface area contributed by atoms with Crippen molar-refractivity contribution in [2.24, 2.45) is 0 Å². The molecule has 0 aliphatic heterocycles. The summed E-state index contributed by atoms with van der Waals surface area (Å²) >= 11 is 6.13. The first kappa shape index (κ1) is 19.7. The smallest absolute Gasteiger partial charge is 0.341 e. The summed E-state index contributed by atoms with van der Waals surface area (Å²) in [6, 6.07) is 7.42. The third kappa shape index (κ3) is 5.46. The molecule has 0 bridgehead atoms. The molecule has 0 spiro atoms. The van der Waals surface area contributed by atoms with Gasteiger partial charge in [0.05, 0.1) is 18.3 Å². The molecule has 0 N–H and O–H groups in total. The van der Waals surface area contributed by atoms with Crippen LogP contribution in [0.3, 0.4) is 0 Å². The van der Waals surface area contributed by atoms with E-state index in [0.717, 1.165) is 11.1 Å². The highest BCUT2D eigenvalue weighted by atomic mass is 35.5. The molecule has 0 atom stereocenters. The second-order valence-electron chi connectivity index (χ2n) is 5.96. The SMILES string of the molecule is C=C(C)CN(CC)C(=O)COC(=O)c1cnn(Cc2ccccc2Cl)c1. The minimum atomic E-state index is -0.588. The van der Waals surface area contributed by atoms with Gasteiger partial charge in [-0.1, -0.05) is 42.0 Å². The van der Waals surface area contributed by atoms with E-state index in [2.05, 4.69) is 11.7 Å². The molecule has 138 valence electrons. The summed E-state index contributed by atoms with van der Waals surface area (Å²) in [5.41, 5.74) is 2.05. The first-order valence-electron chi connectivity index (χ1n) is 8.25. The third-order valence-electron chi connectivity index (χ3n) is 3.68. The van der Waals surface area contributed by atoms with Crippen molar-refractivity contribution >= 4 is 23.5 Å². The van der Waals surface area contributed by atoms with Crippen LogP contribution in [0.4, 0.5) is 0 Å². The maximum atomic E-state index is 12.1. The summed E-state index contributed by atoms with van der Waals surface area (Å²) in [4.78, 5) is 25.8. The zero-order valence-electron chi connectivity index (χ0n) is 14.9. The molecule has 1 aromatic heterocycles. The number of rotatable bonds is 8. The molecular weight excluding hydrogens is 354 g/mol. The number of benzene rings is 1. The van der Waals surface area contributed by atoms with E-state index in [1.165, 1.54) is 6.20 Å². The van der Waals surface area contributed by atoms with Crippen molar-refractivity contribution in [3.63, 3.8) is 0 Å². The molecule has 0 saturated carbocycles. The second-order valence-corrected chi connectivity index (χ2v) is 6.37. The van der Waals surface area contributed by atoms with Gasteiger partial charge in [-0.25, -0.2) is 4.79 Å². The fourth-order valence-electron chi connectivity index (χ4n) is 2.36.